The van der Waals surface area contributed by atoms with Gasteiger partial charge in [0.1, 0.15) is 0 Å². The van der Waals surface area contributed by atoms with Crippen molar-refractivity contribution in [2.45, 2.75) is 11.8 Å². The summed E-state index contributed by atoms with van der Waals surface area (Å²) in [6, 6.07) is 39.7. The minimum atomic E-state index is -0.580. The zero-order chi connectivity index (χ0) is 19.2. The van der Waals surface area contributed by atoms with E-state index in [1.807, 2.05) is 0 Å². The lowest BCUT2D eigenvalue weighted by Gasteiger charge is -2.22. The van der Waals surface area contributed by atoms with Crippen LogP contribution in [0.1, 0.15) is 16.7 Å². The van der Waals surface area contributed by atoms with Crippen molar-refractivity contribution < 1.29 is 0 Å². The van der Waals surface area contributed by atoms with E-state index < -0.39 is 7.92 Å². The van der Waals surface area contributed by atoms with Crippen molar-refractivity contribution in [1.29, 1.82) is 0 Å². The molecule has 4 aromatic carbocycles. The molecule has 0 nitrogen and oxygen atoms in total. The largest absolute Gasteiger partial charge is 0.114 e. The van der Waals surface area contributed by atoms with Crippen LogP contribution < -0.4 is 15.9 Å². The van der Waals surface area contributed by atoms with Gasteiger partial charge >= 0.3 is 0 Å². The van der Waals surface area contributed by atoms with Crippen LogP contribution in [0.15, 0.2) is 109 Å². The second kappa shape index (κ2) is 10.9. The van der Waals surface area contributed by atoms with Gasteiger partial charge in [0.05, 0.1) is 0 Å². The molecule has 0 saturated heterocycles. The molecule has 0 aliphatic carbocycles. The molecular weight excluding hydrogens is 503 g/mol. The average molecular weight is 526 g/mol. The van der Waals surface area contributed by atoms with Gasteiger partial charge in [-0.2, -0.15) is 0 Å². The first-order chi connectivity index (χ1) is 13.8. The Morgan fingerprint density at radius 1 is 0.552 bits per heavy atom. The van der Waals surface area contributed by atoms with E-state index in [-0.39, 0.29) is 17.0 Å². The maximum absolute atomic E-state index is 3.53. The van der Waals surface area contributed by atoms with Gasteiger partial charge in [-0.3, -0.25) is 0 Å². The number of alkyl halides is 1. The Hall–Kier alpha value is -1.73. The van der Waals surface area contributed by atoms with E-state index in [1.165, 1.54) is 32.6 Å². The first-order valence-corrected chi connectivity index (χ1v) is 11.9. The van der Waals surface area contributed by atoms with Crippen LogP contribution >= 0.6 is 40.8 Å². The van der Waals surface area contributed by atoms with E-state index in [9.17, 15) is 0 Å². The van der Waals surface area contributed by atoms with Crippen molar-refractivity contribution >= 4 is 56.7 Å². The summed E-state index contributed by atoms with van der Waals surface area (Å²) in [4.78, 5) is 0. The summed E-state index contributed by atoms with van der Waals surface area (Å²) in [6.07, 6.45) is 0.956. The van der Waals surface area contributed by atoms with Crippen LogP contribution in [0.2, 0.25) is 0 Å². The lowest BCUT2D eigenvalue weighted by atomic mass is 10.0. The second-order valence-corrected chi connectivity index (χ2v) is 9.51. The topological polar surface area (TPSA) is 0 Å². The highest BCUT2D eigenvalue weighted by atomic mass is 79.9. The molecule has 0 N–H and O–H groups in total. The summed E-state index contributed by atoms with van der Waals surface area (Å²) in [5, 5.41) is 5.13. The summed E-state index contributed by atoms with van der Waals surface area (Å²) in [5.74, 6) is 0. The van der Waals surface area contributed by atoms with Crippen molar-refractivity contribution in [3.8, 4) is 0 Å². The van der Waals surface area contributed by atoms with Crippen molar-refractivity contribution in [3.63, 3.8) is 0 Å². The molecular formula is C26H23Br2P. The van der Waals surface area contributed by atoms with Gasteiger partial charge < -0.3 is 0 Å². The predicted octanol–water partition coefficient (Wildman–Crippen LogP) is 6.51. The molecule has 146 valence electrons. The molecule has 0 aromatic heterocycles. The molecule has 4 aromatic rings. The molecule has 0 spiro atoms. The van der Waals surface area contributed by atoms with Gasteiger partial charge in [0.2, 0.25) is 0 Å². The highest BCUT2D eigenvalue weighted by Gasteiger charge is 2.19. The van der Waals surface area contributed by atoms with Crippen LogP contribution in [-0.4, -0.2) is 0 Å². The summed E-state index contributed by atoms with van der Waals surface area (Å²) in [6.45, 7) is 0. The monoisotopic (exact) mass is 524 g/mol. The smallest absolute Gasteiger partial charge is 0.0283 e. The molecule has 0 atom stereocenters. The van der Waals surface area contributed by atoms with E-state index in [0.717, 1.165) is 11.8 Å². The van der Waals surface area contributed by atoms with E-state index >= 15 is 0 Å². The maximum Gasteiger partial charge on any atom is 0.0283 e. The summed E-state index contributed by atoms with van der Waals surface area (Å²) in [5.41, 5.74) is 4.08. The lowest BCUT2D eigenvalue weighted by molar-refractivity contribution is 1.20. The Balaban J connectivity index is 0.00000240. The first kappa shape index (κ1) is 22.0. The van der Waals surface area contributed by atoms with E-state index in [1.54, 1.807) is 0 Å². The fourth-order valence-corrected chi connectivity index (χ4v) is 6.27. The second-order valence-electron chi connectivity index (χ2n) is 6.76. The molecule has 4 rings (SSSR count). The van der Waals surface area contributed by atoms with Crippen LogP contribution in [0.25, 0.3) is 0 Å². The van der Waals surface area contributed by atoms with Gasteiger partial charge in [-0.25, -0.2) is 0 Å². The van der Waals surface area contributed by atoms with Gasteiger partial charge in [-0.15, -0.1) is 17.0 Å². The molecule has 0 unspecified atom stereocenters. The van der Waals surface area contributed by atoms with Crippen molar-refractivity contribution in [3.05, 3.63) is 126 Å². The van der Waals surface area contributed by atoms with Crippen LogP contribution in [0, 0.1) is 0 Å². The first-order valence-electron chi connectivity index (χ1n) is 9.47. The molecule has 0 aliphatic rings. The molecule has 0 amide bonds. The van der Waals surface area contributed by atoms with Gasteiger partial charge in [-0.05, 0) is 46.9 Å². The quantitative estimate of drug-likeness (QED) is 0.199. The Bertz CT molecular complexity index is 976. The summed E-state index contributed by atoms with van der Waals surface area (Å²) in [7, 11) is -0.580. The van der Waals surface area contributed by atoms with E-state index in [2.05, 4.69) is 125 Å². The van der Waals surface area contributed by atoms with Crippen LogP contribution in [0.4, 0.5) is 0 Å². The Morgan fingerprint density at radius 3 is 1.59 bits per heavy atom. The number of rotatable bonds is 6. The zero-order valence-electron chi connectivity index (χ0n) is 16.0. The highest BCUT2D eigenvalue weighted by molar-refractivity contribution is 9.08. The standard InChI is InChI=1S/C26H22BrP.BrH/c27-20-22-17-15-21(16-18-22)19-23-9-7-8-14-26(23)28(24-10-3-1-4-11-24)25-12-5-2-6-13-25;/h1-18H,19-20H2;1H. The number of hydrogen-bond donors (Lipinski definition) is 0. The summed E-state index contributed by atoms with van der Waals surface area (Å²) >= 11 is 3.53. The molecule has 0 heterocycles. The number of halogens is 2. The molecule has 29 heavy (non-hydrogen) atoms. The van der Waals surface area contributed by atoms with E-state index in [0.29, 0.717) is 0 Å². The molecule has 0 fully saturated rings. The van der Waals surface area contributed by atoms with Gasteiger partial charge in [0.25, 0.3) is 0 Å². The molecule has 3 heteroatoms. The van der Waals surface area contributed by atoms with Gasteiger partial charge in [0, 0.05) is 5.33 Å². The van der Waals surface area contributed by atoms with Crippen LogP contribution in [0.3, 0.4) is 0 Å². The third-order valence-electron chi connectivity index (χ3n) is 4.83. The molecule has 0 radical (unpaired) electrons. The predicted molar refractivity (Wildman–Crippen MR) is 137 cm³/mol. The van der Waals surface area contributed by atoms with Crippen molar-refractivity contribution in [2.75, 3.05) is 0 Å². The molecule has 0 aliphatic heterocycles. The number of benzene rings is 4. The zero-order valence-corrected chi connectivity index (χ0v) is 20.2. The number of hydrogen-bond acceptors (Lipinski definition) is 0. The molecule has 0 saturated carbocycles. The fraction of sp³-hybridized carbons (Fsp3) is 0.0769. The normalized spacial score (nSPS) is 10.6. The van der Waals surface area contributed by atoms with Crippen LogP contribution in [-0.2, 0) is 11.8 Å². The lowest BCUT2D eigenvalue weighted by Crippen LogP contribution is -2.23. The van der Waals surface area contributed by atoms with Gasteiger partial charge in [-0.1, -0.05) is 125 Å². The minimum absolute atomic E-state index is 0. The Kier molecular flexibility index (Phi) is 8.24. The minimum Gasteiger partial charge on any atom is -0.114 e. The highest BCUT2D eigenvalue weighted by Crippen LogP contribution is 2.34. The van der Waals surface area contributed by atoms with Crippen molar-refractivity contribution in [1.82, 2.24) is 0 Å². The Labute approximate surface area is 193 Å². The van der Waals surface area contributed by atoms with Gasteiger partial charge in [0.15, 0.2) is 0 Å². The fourth-order valence-electron chi connectivity index (χ4n) is 3.43. The third kappa shape index (κ3) is 5.45. The van der Waals surface area contributed by atoms with Crippen LogP contribution in [0.5, 0.6) is 0 Å². The third-order valence-corrected chi connectivity index (χ3v) is 8.03. The average Bonchev–Trinajstić information content (AvgIpc) is 2.77. The van der Waals surface area contributed by atoms with Crippen molar-refractivity contribution in [2.24, 2.45) is 0 Å². The summed E-state index contributed by atoms with van der Waals surface area (Å²) < 4.78 is 0. The Morgan fingerprint density at radius 2 is 1.03 bits per heavy atom. The maximum atomic E-state index is 3.53. The SMILES string of the molecule is Br.BrCc1ccc(Cc2ccccc2P(c2ccccc2)c2ccccc2)cc1. The van der Waals surface area contributed by atoms with E-state index in [4.69, 9.17) is 0 Å². The molecule has 0 bridgehead atoms.